The second-order valence-corrected chi connectivity index (χ2v) is 7.00. The highest BCUT2D eigenvalue weighted by Crippen LogP contribution is 2.41. The van der Waals surface area contributed by atoms with Gasteiger partial charge in [0.25, 0.3) is 5.91 Å². The van der Waals surface area contributed by atoms with Gasteiger partial charge in [-0.05, 0) is 64.2 Å². The number of benzene rings is 2. The highest BCUT2D eigenvalue weighted by atomic mass is 79.9. The Bertz CT molecular complexity index is 966. The number of nitrogens with zero attached hydrogens (tertiary/aromatic N) is 1. The van der Waals surface area contributed by atoms with Crippen LogP contribution in [-0.2, 0) is 16.0 Å². The van der Waals surface area contributed by atoms with Crippen molar-refractivity contribution in [1.82, 2.24) is 5.32 Å². The molecule has 1 fully saturated rings. The standard InChI is InChI=1S/C19H13BrN2O4/c1-21-11-3-7-16(15(20)9-11)25-12-4-6-13-10(8-12)2-5-14(13)17-18(23)22-19(24)26-17/h3-4,6-9,14,17H,2,5H2,(H,22,23,24)/t14-,17?/m1/s1. The Morgan fingerprint density at radius 2 is 2.08 bits per heavy atom. The van der Waals surface area contributed by atoms with Crippen LogP contribution in [0.1, 0.15) is 23.5 Å². The molecule has 7 heteroatoms. The van der Waals surface area contributed by atoms with Gasteiger partial charge in [-0.1, -0.05) is 12.1 Å². The number of hydrogen-bond acceptors (Lipinski definition) is 4. The van der Waals surface area contributed by atoms with Gasteiger partial charge in [0.15, 0.2) is 11.8 Å². The summed E-state index contributed by atoms with van der Waals surface area (Å²) in [4.78, 5) is 26.5. The molecule has 0 radical (unpaired) electrons. The summed E-state index contributed by atoms with van der Waals surface area (Å²) in [6, 6.07) is 10.8. The van der Waals surface area contributed by atoms with E-state index in [1.165, 1.54) is 0 Å². The predicted molar refractivity (Wildman–Crippen MR) is 96.4 cm³/mol. The quantitative estimate of drug-likeness (QED) is 0.755. The lowest BCUT2D eigenvalue weighted by atomic mass is 9.95. The molecule has 1 aliphatic carbocycles. The minimum Gasteiger partial charge on any atom is -0.456 e. The average Bonchev–Trinajstić information content (AvgIpc) is 3.18. The summed E-state index contributed by atoms with van der Waals surface area (Å²) in [5, 5.41) is 2.18. The molecule has 0 aromatic heterocycles. The van der Waals surface area contributed by atoms with E-state index in [0.29, 0.717) is 21.7 Å². The second kappa shape index (κ2) is 6.46. The maximum absolute atomic E-state index is 11.9. The zero-order chi connectivity index (χ0) is 18.3. The molecule has 2 aliphatic rings. The van der Waals surface area contributed by atoms with Gasteiger partial charge in [-0.15, -0.1) is 0 Å². The second-order valence-electron chi connectivity index (χ2n) is 6.15. The van der Waals surface area contributed by atoms with Crippen LogP contribution in [0.15, 0.2) is 40.9 Å². The number of nitrogens with one attached hydrogen (secondary N) is 1. The number of carbonyl (C=O) groups excluding carboxylic acids is 2. The Hall–Kier alpha value is -2.85. The zero-order valence-electron chi connectivity index (χ0n) is 13.5. The molecular weight excluding hydrogens is 400 g/mol. The monoisotopic (exact) mass is 412 g/mol. The fourth-order valence-electron chi connectivity index (χ4n) is 3.41. The van der Waals surface area contributed by atoms with Gasteiger partial charge < -0.3 is 9.47 Å². The maximum atomic E-state index is 11.9. The first-order valence-corrected chi connectivity index (χ1v) is 8.83. The molecule has 0 spiro atoms. The third-order valence-corrected chi connectivity index (χ3v) is 5.21. The van der Waals surface area contributed by atoms with Crippen molar-refractivity contribution in [3.05, 3.63) is 63.4 Å². The summed E-state index contributed by atoms with van der Waals surface area (Å²) < 4.78 is 11.7. The maximum Gasteiger partial charge on any atom is 0.414 e. The van der Waals surface area contributed by atoms with Gasteiger partial charge in [0, 0.05) is 10.4 Å². The van der Waals surface area contributed by atoms with Crippen LogP contribution in [0.25, 0.3) is 4.85 Å². The summed E-state index contributed by atoms with van der Waals surface area (Å²) in [6.45, 7) is 7.04. The number of alkyl carbamates (subject to hydrolysis) is 1. The van der Waals surface area contributed by atoms with Crippen molar-refractivity contribution in [2.45, 2.75) is 24.9 Å². The van der Waals surface area contributed by atoms with Gasteiger partial charge in [-0.25, -0.2) is 9.64 Å². The van der Waals surface area contributed by atoms with Gasteiger partial charge in [0.05, 0.1) is 6.57 Å². The van der Waals surface area contributed by atoms with Crippen LogP contribution in [0, 0.1) is 6.57 Å². The van der Waals surface area contributed by atoms with Crippen LogP contribution >= 0.6 is 15.9 Å². The van der Waals surface area contributed by atoms with Crippen LogP contribution in [0.2, 0.25) is 0 Å². The van der Waals surface area contributed by atoms with E-state index in [4.69, 9.17) is 16.0 Å². The molecule has 1 heterocycles. The van der Waals surface area contributed by atoms with Crippen molar-refractivity contribution in [2.24, 2.45) is 0 Å². The predicted octanol–water partition coefficient (Wildman–Crippen LogP) is 4.46. The SMILES string of the molecule is [C-]#[N+]c1ccc(Oc2ccc3c(c2)CC[C@H]3C2OC(=O)NC2=O)c(Br)c1. The highest BCUT2D eigenvalue weighted by Gasteiger charge is 2.42. The van der Waals surface area contributed by atoms with Gasteiger partial charge >= 0.3 is 6.09 Å². The van der Waals surface area contributed by atoms with Crippen LogP contribution in [0.5, 0.6) is 11.5 Å². The number of cyclic esters (lactones) is 1. The number of ether oxygens (including phenoxy) is 2. The molecule has 1 saturated heterocycles. The van der Waals surface area contributed by atoms with Crippen molar-refractivity contribution in [3.63, 3.8) is 0 Å². The largest absolute Gasteiger partial charge is 0.456 e. The molecule has 4 rings (SSSR count). The molecular formula is C19H13BrN2O4. The van der Waals surface area contributed by atoms with E-state index in [-0.39, 0.29) is 11.8 Å². The van der Waals surface area contributed by atoms with Crippen LogP contribution < -0.4 is 10.1 Å². The molecule has 1 unspecified atom stereocenters. The normalized spacial score (nSPS) is 20.9. The number of hydrogen-bond donors (Lipinski definition) is 1. The Morgan fingerprint density at radius 3 is 2.77 bits per heavy atom. The topological polar surface area (TPSA) is 69.0 Å². The number of aryl methyl sites for hydroxylation is 1. The van der Waals surface area contributed by atoms with E-state index in [1.807, 2.05) is 18.2 Å². The van der Waals surface area contributed by atoms with Gasteiger partial charge in [0.1, 0.15) is 11.5 Å². The molecule has 130 valence electrons. The van der Waals surface area contributed by atoms with E-state index in [0.717, 1.165) is 24.0 Å². The highest BCUT2D eigenvalue weighted by molar-refractivity contribution is 9.10. The van der Waals surface area contributed by atoms with Crippen LogP contribution in [0.3, 0.4) is 0 Å². The molecule has 2 amide bonds. The summed E-state index contributed by atoms with van der Waals surface area (Å²) in [7, 11) is 0. The molecule has 2 atom stereocenters. The Morgan fingerprint density at radius 1 is 1.23 bits per heavy atom. The van der Waals surface area contributed by atoms with Gasteiger partial charge in [0.2, 0.25) is 0 Å². The first-order valence-electron chi connectivity index (χ1n) is 8.04. The molecule has 2 aromatic rings. The lowest BCUT2D eigenvalue weighted by Crippen LogP contribution is -2.28. The first kappa shape index (κ1) is 16.6. The van der Waals surface area contributed by atoms with Gasteiger partial charge in [-0.2, -0.15) is 0 Å². The fraction of sp³-hybridized carbons (Fsp3) is 0.211. The molecule has 26 heavy (non-hydrogen) atoms. The van der Waals surface area contributed by atoms with Crippen molar-refractivity contribution in [3.8, 4) is 11.5 Å². The number of carbonyl (C=O) groups is 2. The average molecular weight is 413 g/mol. The first-order chi connectivity index (χ1) is 12.5. The van der Waals surface area contributed by atoms with Crippen molar-refractivity contribution >= 4 is 33.6 Å². The fourth-order valence-corrected chi connectivity index (χ4v) is 3.86. The molecule has 1 aliphatic heterocycles. The number of rotatable bonds is 3. The third kappa shape index (κ3) is 2.93. The summed E-state index contributed by atoms with van der Waals surface area (Å²) >= 11 is 3.41. The minimum absolute atomic E-state index is 0.129. The summed E-state index contributed by atoms with van der Waals surface area (Å²) in [6.07, 6.45) is 0.0936. The van der Waals surface area contributed by atoms with Crippen molar-refractivity contribution in [1.29, 1.82) is 0 Å². The van der Waals surface area contributed by atoms with E-state index < -0.39 is 12.2 Å². The Balaban J connectivity index is 1.56. The molecule has 6 nitrogen and oxygen atoms in total. The van der Waals surface area contributed by atoms with Gasteiger partial charge in [-0.3, -0.25) is 10.1 Å². The lowest BCUT2D eigenvalue weighted by molar-refractivity contribution is -0.124. The lowest BCUT2D eigenvalue weighted by Gasteiger charge is -2.16. The minimum atomic E-state index is -0.758. The van der Waals surface area contributed by atoms with Crippen LogP contribution in [-0.4, -0.2) is 18.1 Å². The van der Waals surface area contributed by atoms with Crippen molar-refractivity contribution in [2.75, 3.05) is 0 Å². The zero-order valence-corrected chi connectivity index (χ0v) is 15.1. The number of fused-ring (bicyclic) bond motifs is 1. The number of halogens is 1. The third-order valence-electron chi connectivity index (χ3n) is 4.59. The number of imide groups is 1. The van der Waals surface area contributed by atoms with E-state index >= 15 is 0 Å². The molecule has 1 N–H and O–H groups in total. The molecule has 0 bridgehead atoms. The summed E-state index contributed by atoms with van der Waals surface area (Å²) in [5.74, 6) is 0.789. The summed E-state index contributed by atoms with van der Waals surface area (Å²) in [5.41, 5.74) is 2.62. The van der Waals surface area contributed by atoms with Crippen molar-refractivity contribution < 1.29 is 19.1 Å². The Kier molecular flexibility index (Phi) is 4.13. The number of amides is 2. The molecule has 0 saturated carbocycles. The smallest absolute Gasteiger partial charge is 0.414 e. The Labute approximate surface area is 158 Å². The van der Waals surface area contributed by atoms with E-state index in [2.05, 4.69) is 26.1 Å². The van der Waals surface area contributed by atoms with E-state index in [9.17, 15) is 9.59 Å². The van der Waals surface area contributed by atoms with Crippen LogP contribution in [0.4, 0.5) is 10.5 Å². The van der Waals surface area contributed by atoms with E-state index in [1.54, 1.807) is 18.2 Å². The molecule has 2 aromatic carbocycles.